The first kappa shape index (κ1) is 33.7. The largest absolute Gasteiger partial charge is 0.442 e. The minimum Gasteiger partial charge on any atom is -0.442 e. The van der Waals surface area contributed by atoms with Gasteiger partial charge in [0.05, 0.1) is 10.5 Å². The number of amides is 2. The Balaban J connectivity index is 1.45. The average molecular weight is 685 g/mol. The number of benzene rings is 2. The summed E-state index contributed by atoms with van der Waals surface area (Å²) < 4.78 is 50.2. The Morgan fingerprint density at radius 3 is 2.55 bits per heavy atom. The molecule has 0 bridgehead atoms. The zero-order valence-corrected chi connectivity index (χ0v) is 28.7. The fraction of sp³-hybridized carbons (Fsp3) is 0.306. The van der Waals surface area contributed by atoms with Crippen molar-refractivity contribution in [2.45, 2.75) is 51.0 Å². The summed E-state index contributed by atoms with van der Waals surface area (Å²) in [6.07, 6.45) is 6.89. The molecule has 0 saturated carbocycles. The highest BCUT2D eigenvalue weighted by atomic mass is 32.2. The number of aliphatic imine (C=N–C) groups is 1. The lowest BCUT2D eigenvalue weighted by Crippen LogP contribution is -2.36. The fourth-order valence-electron chi connectivity index (χ4n) is 6.02. The van der Waals surface area contributed by atoms with Gasteiger partial charge in [0.2, 0.25) is 0 Å². The third-order valence-electron chi connectivity index (χ3n) is 8.35. The summed E-state index contributed by atoms with van der Waals surface area (Å²) in [6.45, 7) is 8.43. The number of hydrogen-bond donors (Lipinski definition) is 1. The zero-order chi connectivity index (χ0) is 35.1. The molecule has 5 aromatic rings. The van der Waals surface area contributed by atoms with Crippen LogP contribution in [0.2, 0.25) is 0 Å². The molecule has 4 heterocycles. The maximum Gasteiger partial charge on any atom is 0.433 e. The van der Waals surface area contributed by atoms with Crippen molar-refractivity contribution in [3.8, 4) is 11.1 Å². The van der Waals surface area contributed by atoms with Gasteiger partial charge in [-0.3, -0.25) is 9.78 Å². The van der Waals surface area contributed by atoms with Gasteiger partial charge in [0.15, 0.2) is 5.65 Å². The van der Waals surface area contributed by atoms with Crippen LogP contribution in [0.3, 0.4) is 0 Å². The molecular formula is C36H37FN6O5S. The van der Waals surface area contributed by atoms with E-state index >= 15 is 4.39 Å². The number of nitrogens with zero attached hydrogens (tertiary/aromatic N) is 5. The fourth-order valence-corrected chi connectivity index (χ4v) is 7.34. The van der Waals surface area contributed by atoms with Crippen LogP contribution in [0.1, 0.15) is 49.5 Å². The number of nitrogens with one attached hydrogen (secondary N) is 1. The van der Waals surface area contributed by atoms with Gasteiger partial charge in [0.1, 0.15) is 16.9 Å². The maximum absolute atomic E-state index is 15.9. The van der Waals surface area contributed by atoms with Crippen LogP contribution in [0, 0.1) is 18.7 Å². The lowest BCUT2D eigenvalue weighted by atomic mass is 9.97. The molecule has 0 radical (unpaired) electrons. The van der Waals surface area contributed by atoms with E-state index in [9.17, 15) is 18.0 Å². The molecule has 1 atom stereocenters. The van der Waals surface area contributed by atoms with Gasteiger partial charge in [0, 0.05) is 72.9 Å². The normalized spacial score (nSPS) is 15.6. The lowest BCUT2D eigenvalue weighted by molar-refractivity contribution is 0.0604. The maximum atomic E-state index is 15.9. The number of pyridine rings is 2. The highest BCUT2D eigenvalue weighted by Crippen LogP contribution is 2.38. The first-order chi connectivity index (χ1) is 23.2. The van der Waals surface area contributed by atoms with Crippen LogP contribution < -0.4 is 10.2 Å². The summed E-state index contributed by atoms with van der Waals surface area (Å²) >= 11 is 0. The average Bonchev–Trinajstić information content (AvgIpc) is 3.46. The van der Waals surface area contributed by atoms with Crippen molar-refractivity contribution in [3.05, 3.63) is 84.1 Å². The molecule has 1 saturated heterocycles. The second-order valence-corrected chi connectivity index (χ2v) is 14.9. The first-order valence-electron chi connectivity index (χ1n) is 15.9. The summed E-state index contributed by atoms with van der Waals surface area (Å²) in [6, 6.07) is 12.9. The quantitative estimate of drug-likeness (QED) is 0.200. The monoisotopic (exact) mass is 684 g/mol. The van der Waals surface area contributed by atoms with E-state index in [2.05, 4.69) is 25.2 Å². The second kappa shape index (κ2) is 13.0. The van der Waals surface area contributed by atoms with Gasteiger partial charge in [-0.2, -0.15) is 4.99 Å². The number of hydrogen-bond acceptors (Lipinski definition) is 8. The molecule has 1 fully saturated rings. The van der Waals surface area contributed by atoms with Crippen molar-refractivity contribution >= 4 is 55.9 Å². The Morgan fingerprint density at radius 1 is 1.08 bits per heavy atom. The molecule has 254 valence electrons. The van der Waals surface area contributed by atoms with Crippen LogP contribution in [0.15, 0.2) is 77.0 Å². The standard InChI is InChI=1S/C36H37FN6O5S/c1-22-8-10-26(11-9-22)49(46,47)43-21-29(27-16-25(34(44)38-5)19-40-33(27)43)24-15-28-31(12-13-39-32(28)30(37)17-24)42-14-6-7-23(20-42)18-41-35(45)48-36(2,3)4/h8-13,15-19,21,23H,6-7,14,20H2,1-5H3,(H,38,44)/b41-18+. The molecule has 1 aliphatic rings. The summed E-state index contributed by atoms with van der Waals surface area (Å²) in [7, 11) is -2.63. The zero-order valence-electron chi connectivity index (χ0n) is 27.9. The van der Waals surface area contributed by atoms with Gasteiger partial charge in [-0.15, -0.1) is 0 Å². The number of carbonyl (C=O) groups is 2. The molecule has 6 rings (SSSR count). The number of aromatic nitrogens is 3. The van der Waals surface area contributed by atoms with Crippen molar-refractivity contribution in [2.24, 2.45) is 10.9 Å². The molecule has 13 heteroatoms. The van der Waals surface area contributed by atoms with E-state index in [1.165, 1.54) is 37.6 Å². The smallest absolute Gasteiger partial charge is 0.433 e. The summed E-state index contributed by atoms with van der Waals surface area (Å²) in [5.74, 6) is -1.04. The number of ether oxygens (including phenoxy) is 1. The molecule has 3 aromatic heterocycles. The molecule has 1 aliphatic heterocycles. The third-order valence-corrected chi connectivity index (χ3v) is 10.0. The Kier molecular flexibility index (Phi) is 8.97. The summed E-state index contributed by atoms with van der Waals surface area (Å²) in [5.41, 5.74) is 2.22. The van der Waals surface area contributed by atoms with Gasteiger partial charge < -0.3 is 15.0 Å². The number of aryl methyl sites for hydroxylation is 1. The molecule has 1 N–H and O–H groups in total. The van der Waals surface area contributed by atoms with Crippen LogP contribution in [0.5, 0.6) is 0 Å². The van der Waals surface area contributed by atoms with E-state index in [-0.39, 0.29) is 27.5 Å². The van der Waals surface area contributed by atoms with E-state index in [0.717, 1.165) is 28.1 Å². The predicted molar refractivity (Wildman–Crippen MR) is 187 cm³/mol. The van der Waals surface area contributed by atoms with E-state index in [1.807, 2.05) is 13.0 Å². The van der Waals surface area contributed by atoms with Crippen LogP contribution in [-0.2, 0) is 14.8 Å². The number of fused-ring (bicyclic) bond motifs is 2. The van der Waals surface area contributed by atoms with Crippen molar-refractivity contribution in [1.29, 1.82) is 0 Å². The highest BCUT2D eigenvalue weighted by molar-refractivity contribution is 7.90. The number of anilines is 1. The Hall–Kier alpha value is -5.17. The number of carbonyl (C=O) groups excluding carboxylic acids is 2. The lowest BCUT2D eigenvalue weighted by Gasteiger charge is -2.33. The molecule has 11 nitrogen and oxygen atoms in total. The molecule has 0 aliphatic carbocycles. The van der Waals surface area contributed by atoms with E-state index < -0.39 is 33.4 Å². The van der Waals surface area contributed by atoms with E-state index in [4.69, 9.17) is 4.74 Å². The number of rotatable bonds is 6. The molecule has 0 spiro atoms. The number of piperidine rings is 1. The molecular weight excluding hydrogens is 647 g/mol. The van der Waals surface area contributed by atoms with Gasteiger partial charge in [-0.05, 0) is 82.5 Å². The molecule has 2 aromatic carbocycles. The molecule has 2 amide bonds. The van der Waals surface area contributed by atoms with Crippen molar-refractivity contribution < 1.29 is 27.1 Å². The Morgan fingerprint density at radius 2 is 1.84 bits per heavy atom. The van der Waals surface area contributed by atoms with Gasteiger partial charge in [0.25, 0.3) is 15.9 Å². The first-order valence-corrected chi connectivity index (χ1v) is 17.4. The highest BCUT2D eigenvalue weighted by Gasteiger charge is 2.26. The topological polar surface area (TPSA) is 136 Å². The second-order valence-electron chi connectivity index (χ2n) is 13.1. The Bertz CT molecular complexity index is 2230. The SMILES string of the molecule is CNC(=O)c1cnc2c(c1)c(-c1cc(F)c3nccc(N4CCCC(/C=N/C(=O)OC(C)(C)C)C4)c3c1)cn2S(=O)(=O)c1ccc(C)cc1. The van der Waals surface area contributed by atoms with Crippen LogP contribution in [0.25, 0.3) is 33.1 Å². The van der Waals surface area contributed by atoms with Crippen molar-refractivity contribution in [2.75, 3.05) is 25.0 Å². The van der Waals surface area contributed by atoms with Crippen molar-refractivity contribution in [3.63, 3.8) is 0 Å². The predicted octanol–water partition coefficient (Wildman–Crippen LogP) is 6.52. The summed E-state index contributed by atoms with van der Waals surface area (Å²) in [4.78, 5) is 39.7. The minimum absolute atomic E-state index is 0.0447. The van der Waals surface area contributed by atoms with Gasteiger partial charge in [-0.1, -0.05) is 17.7 Å². The molecule has 49 heavy (non-hydrogen) atoms. The van der Waals surface area contributed by atoms with Crippen LogP contribution in [-0.4, -0.2) is 66.3 Å². The van der Waals surface area contributed by atoms with Crippen LogP contribution in [0.4, 0.5) is 14.9 Å². The third kappa shape index (κ3) is 6.89. The summed E-state index contributed by atoms with van der Waals surface area (Å²) in [5, 5.41) is 3.45. The van der Waals surface area contributed by atoms with E-state index in [0.29, 0.717) is 35.0 Å². The minimum atomic E-state index is -4.12. The number of halogens is 1. The van der Waals surface area contributed by atoms with E-state index in [1.54, 1.807) is 57.4 Å². The molecule has 1 unspecified atom stereocenters. The van der Waals surface area contributed by atoms with Crippen LogP contribution >= 0.6 is 0 Å². The van der Waals surface area contributed by atoms with Crippen molar-refractivity contribution in [1.82, 2.24) is 19.3 Å². The van der Waals surface area contributed by atoms with Gasteiger partial charge in [-0.25, -0.2) is 26.6 Å². The van der Waals surface area contributed by atoms with Gasteiger partial charge >= 0.3 is 6.09 Å². The Labute approximate surface area is 283 Å².